The Labute approximate surface area is 222 Å². The van der Waals surface area contributed by atoms with E-state index in [2.05, 4.69) is 12.2 Å². The Balaban J connectivity index is 1.62. The van der Waals surface area contributed by atoms with Crippen molar-refractivity contribution in [2.24, 2.45) is 5.41 Å². The molecule has 2 aromatic rings. The van der Waals surface area contributed by atoms with Crippen LogP contribution in [0.15, 0.2) is 18.2 Å². The summed E-state index contributed by atoms with van der Waals surface area (Å²) >= 11 is 7.62. The number of piperidine rings is 1. The summed E-state index contributed by atoms with van der Waals surface area (Å²) in [5.74, 6) is 0.620. The fourth-order valence-corrected chi connectivity index (χ4v) is 5.83. The highest BCUT2D eigenvalue weighted by Crippen LogP contribution is 2.37. The number of amides is 1. The summed E-state index contributed by atoms with van der Waals surface area (Å²) in [5.41, 5.74) is -0.702. The minimum Gasteiger partial charge on any atom is -0.444 e. The van der Waals surface area contributed by atoms with Crippen molar-refractivity contribution in [3.05, 3.63) is 33.1 Å². The van der Waals surface area contributed by atoms with Crippen LogP contribution in [0.2, 0.25) is 4.34 Å². The molecule has 0 bridgehead atoms. The quantitative estimate of drug-likeness (QED) is 0.507. The molecule has 2 aliphatic rings. The number of nitrogens with zero attached hydrogens (tertiary/aromatic N) is 3. The monoisotopic (exact) mass is 536 g/mol. The Kier molecular flexibility index (Phi) is 7.74. The summed E-state index contributed by atoms with van der Waals surface area (Å²) in [7, 11) is 0. The van der Waals surface area contributed by atoms with Crippen LogP contribution in [0, 0.1) is 5.41 Å². The number of aromatic nitrogens is 2. The fourth-order valence-electron chi connectivity index (χ4n) is 4.80. The third kappa shape index (κ3) is 6.06. The molecule has 4 heterocycles. The van der Waals surface area contributed by atoms with E-state index in [-0.39, 0.29) is 12.0 Å². The Morgan fingerprint density at radius 2 is 1.94 bits per heavy atom. The molecule has 2 aromatic heterocycles. The minimum atomic E-state index is -0.556. The maximum atomic E-state index is 13.8. The molecule has 0 aromatic carbocycles. The lowest BCUT2D eigenvalue weighted by Gasteiger charge is -2.39. The zero-order valence-electron chi connectivity index (χ0n) is 21.9. The first-order valence-corrected chi connectivity index (χ1v) is 13.8. The van der Waals surface area contributed by atoms with Crippen molar-refractivity contribution in [2.75, 3.05) is 31.6 Å². The molecule has 0 aliphatic carbocycles. The van der Waals surface area contributed by atoms with Crippen LogP contribution in [0.1, 0.15) is 75.7 Å². The van der Waals surface area contributed by atoms with Gasteiger partial charge < -0.3 is 19.7 Å². The molecule has 0 saturated carbocycles. The van der Waals surface area contributed by atoms with Gasteiger partial charge in [-0.1, -0.05) is 25.4 Å². The van der Waals surface area contributed by atoms with Gasteiger partial charge >= 0.3 is 6.09 Å². The number of anilines is 1. The second kappa shape index (κ2) is 10.3. The van der Waals surface area contributed by atoms with Crippen molar-refractivity contribution in [1.82, 2.24) is 14.7 Å². The summed E-state index contributed by atoms with van der Waals surface area (Å²) in [4.78, 5) is 29.4. The van der Waals surface area contributed by atoms with E-state index in [0.717, 1.165) is 27.7 Å². The molecule has 1 unspecified atom stereocenters. The van der Waals surface area contributed by atoms with E-state index in [0.29, 0.717) is 51.5 Å². The molecule has 0 spiro atoms. The predicted molar refractivity (Wildman–Crippen MR) is 142 cm³/mol. The molecular formula is C26H37ClN4O4S. The maximum Gasteiger partial charge on any atom is 0.410 e. The standard InChI is InChI=1S/C26H37ClN4O4S/c1-24(2,3)35-23(33)30-12-6-9-26(5,17-30)19-15-21(28-16-18-7-8-20(27)36-18)31(29-19)22(32)25(4)10-13-34-14-11-25/h7-8,15,28H,6,9-14,16-17H2,1-5H3. The molecule has 1 atom stereocenters. The summed E-state index contributed by atoms with van der Waals surface area (Å²) in [5, 5.41) is 8.29. The van der Waals surface area contributed by atoms with E-state index < -0.39 is 16.4 Å². The largest absolute Gasteiger partial charge is 0.444 e. The van der Waals surface area contributed by atoms with Crippen LogP contribution in [0.5, 0.6) is 0 Å². The summed E-state index contributed by atoms with van der Waals surface area (Å²) in [6.07, 6.45) is 2.70. The SMILES string of the molecule is CC(C)(C)OC(=O)N1CCCC(C)(c2cc(NCc3ccc(Cl)s3)n(C(=O)C3(C)CCOCC3)n2)C1. The fraction of sp³-hybridized carbons (Fsp3) is 0.654. The maximum absolute atomic E-state index is 13.8. The van der Waals surface area contributed by atoms with Crippen LogP contribution in [0.4, 0.5) is 10.6 Å². The first-order valence-electron chi connectivity index (χ1n) is 12.6. The highest BCUT2D eigenvalue weighted by molar-refractivity contribution is 7.16. The summed E-state index contributed by atoms with van der Waals surface area (Å²) < 4.78 is 13.4. The highest BCUT2D eigenvalue weighted by atomic mass is 35.5. The van der Waals surface area contributed by atoms with Gasteiger partial charge in [-0.05, 0) is 58.6 Å². The van der Waals surface area contributed by atoms with E-state index in [4.69, 9.17) is 26.2 Å². The van der Waals surface area contributed by atoms with Gasteiger partial charge in [0.1, 0.15) is 11.4 Å². The van der Waals surface area contributed by atoms with Gasteiger partial charge in [0.15, 0.2) is 0 Å². The number of thiophene rings is 1. The van der Waals surface area contributed by atoms with Crippen LogP contribution in [0.3, 0.4) is 0 Å². The van der Waals surface area contributed by atoms with Crippen molar-refractivity contribution in [1.29, 1.82) is 0 Å². The predicted octanol–water partition coefficient (Wildman–Crippen LogP) is 5.96. The van der Waals surface area contributed by atoms with Crippen LogP contribution < -0.4 is 5.32 Å². The molecule has 10 heteroatoms. The van der Waals surface area contributed by atoms with E-state index in [1.54, 1.807) is 4.90 Å². The Morgan fingerprint density at radius 1 is 1.22 bits per heavy atom. The number of carbonyl (C=O) groups is 2. The van der Waals surface area contributed by atoms with Crippen LogP contribution in [0.25, 0.3) is 0 Å². The number of nitrogens with one attached hydrogen (secondary N) is 1. The molecular weight excluding hydrogens is 500 g/mol. The van der Waals surface area contributed by atoms with Gasteiger partial charge in [0.05, 0.1) is 22.0 Å². The second-order valence-corrected chi connectivity index (χ2v) is 13.2. The molecule has 4 rings (SSSR count). The van der Waals surface area contributed by atoms with Gasteiger partial charge in [-0.3, -0.25) is 4.79 Å². The number of rotatable bonds is 5. The average Bonchev–Trinajstić information content (AvgIpc) is 3.43. The third-order valence-electron chi connectivity index (χ3n) is 7.05. The zero-order chi connectivity index (χ0) is 26.1. The van der Waals surface area contributed by atoms with Crippen molar-refractivity contribution in [3.8, 4) is 0 Å². The minimum absolute atomic E-state index is 0.0350. The Bertz CT molecular complexity index is 1100. The van der Waals surface area contributed by atoms with Crippen LogP contribution >= 0.6 is 22.9 Å². The van der Waals surface area contributed by atoms with E-state index in [1.165, 1.54) is 16.0 Å². The molecule has 1 amide bonds. The number of likely N-dealkylation sites (tertiary alicyclic amines) is 1. The first kappa shape index (κ1) is 26.9. The Hall–Kier alpha value is -2.10. The lowest BCUT2D eigenvalue weighted by molar-refractivity contribution is 0.0137. The van der Waals surface area contributed by atoms with Gasteiger partial charge in [-0.25, -0.2) is 4.79 Å². The third-order valence-corrected chi connectivity index (χ3v) is 8.28. The number of hydrogen-bond donors (Lipinski definition) is 1. The first-order chi connectivity index (χ1) is 16.9. The highest BCUT2D eigenvalue weighted by Gasteiger charge is 2.41. The number of halogens is 1. The smallest absolute Gasteiger partial charge is 0.410 e. The number of ether oxygens (including phenoxy) is 2. The van der Waals surface area contributed by atoms with Gasteiger partial charge in [0.2, 0.25) is 0 Å². The number of carbonyl (C=O) groups excluding carboxylic acids is 2. The lowest BCUT2D eigenvalue weighted by Crippen LogP contribution is -2.49. The second-order valence-electron chi connectivity index (χ2n) is 11.4. The Morgan fingerprint density at radius 3 is 2.58 bits per heavy atom. The van der Waals surface area contributed by atoms with Gasteiger partial charge in [-0.15, -0.1) is 11.3 Å². The molecule has 1 N–H and O–H groups in total. The van der Waals surface area contributed by atoms with Crippen LogP contribution in [-0.2, 0) is 21.4 Å². The number of hydrogen-bond acceptors (Lipinski definition) is 7. The van der Waals surface area contributed by atoms with Crippen molar-refractivity contribution in [2.45, 2.75) is 77.9 Å². The molecule has 0 radical (unpaired) electrons. The molecule has 2 fully saturated rings. The lowest BCUT2D eigenvalue weighted by atomic mass is 9.79. The van der Waals surface area contributed by atoms with Crippen molar-refractivity contribution < 1.29 is 19.1 Å². The van der Waals surface area contributed by atoms with E-state index in [1.807, 2.05) is 45.9 Å². The molecule has 198 valence electrons. The van der Waals surface area contributed by atoms with E-state index >= 15 is 0 Å². The molecule has 2 saturated heterocycles. The summed E-state index contributed by atoms with van der Waals surface area (Å²) in [6, 6.07) is 5.81. The topological polar surface area (TPSA) is 85.7 Å². The van der Waals surface area contributed by atoms with E-state index in [9.17, 15) is 9.59 Å². The van der Waals surface area contributed by atoms with Crippen molar-refractivity contribution in [3.63, 3.8) is 0 Å². The molecule has 8 nitrogen and oxygen atoms in total. The van der Waals surface area contributed by atoms with Crippen LogP contribution in [-0.4, -0.2) is 58.6 Å². The zero-order valence-corrected chi connectivity index (χ0v) is 23.4. The summed E-state index contributed by atoms with van der Waals surface area (Å²) in [6.45, 7) is 12.5. The molecule has 2 aliphatic heterocycles. The van der Waals surface area contributed by atoms with Gasteiger partial charge in [0.25, 0.3) is 5.91 Å². The normalized spacial score (nSPS) is 22.3. The van der Waals surface area contributed by atoms with Gasteiger partial charge in [-0.2, -0.15) is 9.78 Å². The average molecular weight is 537 g/mol. The van der Waals surface area contributed by atoms with Gasteiger partial charge in [0, 0.05) is 42.7 Å². The van der Waals surface area contributed by atoms with Crippen molar-refractivity contribution >= 4 is 40.8 Å². The molecule has 36 heavy (non-hydrogen) atoms.